The summed E-state index contributed by atoms with van der Waals surface area (Å²) in [4.78, 5) is 4.50. The van der Waals surface area contributed by atoms with Gasteiger partial charge in [0.25, 0.3) is 0 Å². The number of aliphatic imine (C=N–C) groups is 1. The zero-order valence-corrected chi connectivity index (χ0v) is 22.4. The second kappa shape index (κ2) is 10.3. The minimum Gasteiger partial charge on any atom is -0.387 e. The highest BCUT2D eigenvalue weighted by Crippen LogP contribution is 2.66. The molecule has 1 N–H and O–H groups in total. The van der Waals surface area contributed by atoms with Crippen LogP contribution in [0.15, 0.2) is 17.1 Å². The van der Waals surface area contributed by atoms with Crippen LogP contribution in [0.2, 0.25) is 0 Å². The fourth-order valence-corrected chi connectivity index (χ4v) is 9.99. The van der Waals surface area contributed by atoms with E-state index in [4.69, 9.17) is 10.00 Å². The molecule has 4 fully saturated rings. The van der Waals surface area contributed by atoms with E-state index in [1.165, 1.54) is 57.8 Å². The number of dihydropyridines is 1. The third-order valence-electron chi connectivity index (χ3n) is 11.6. The van der Waals surface area contributed by atoms with E-state index >= 15 is 0 Å². The zero-order chi connectivity index (χ0) is 24.6. The summed E-state index contributed by atoms with van der Waals surface area (Å²) in [7, 11) is 0. The lowest BCUT2D eigenvalue weighted by molar-refractivity contribution is -0.129. The molecule has 10 atom stereocenters. The molecule has 1 aliphatic heterocycles. The number of hydrogen-bond donors (Lipinski definition) is 1. The quantitative estimate of drug-likeness (QED) is 0.447. The fourth-order valence-electron chi connectivity index (χ4n) is 9.99. The minimum absolute atomic E-state index is 0.499. The third-order valence-corrected chi connectivity index (χ3v) is 11.6. The van der Waals surface area contributed by atoms with Crippen LogP contribution in [0.25, 0.3) is 0 Å². The van der Waals surface area contributed by atoms with Gasteiger partial charge >= 0.3 is 0 Å². The zero-order valence-electron chi connectivity index (χ0n) is 22.4. The number of allylic oxidation sites excluding steroid dienone is 1. The summed E-state index contributed by atoms with van der Waals surface area (Å²) in [6.07, 6.45) is 18.2. The SMILES string of the molecule is CCOC[C@@]1(O)CC[C@H]2[C@H](CC[C@@H]3[C@@H]2CC[C@]2(C)[C@@H]([C@H](CC)CC4C=CC(C#N)=NC4)CC[C@@H]32)C1. The van der Waals surface area contributed by atoms with Crippen LogP contribution in [-0.4, -0.2) is 36.2 Å². The molecule has 0 aromatic rings. The van der Waals surface area contributed by atoms with Crippen LogP contribution in [0, 0.1) is 64.1 Å². The lowest BCUT2D eigenvalue weighted by Gasteiger charge is -2.57. The molecule has 194 valence electrons. The van der Waals surface area contributed by atoms with Gasteiger partial charge in [-0.05, 0) is 130 Å². The first-order valence-electron chi connectivity index (χ1n) is 14.8. The number of fused-ring (bicyclic) bond motifs is 5. The second-order valence-electron chi connectivity index (χ2n) is 13.1. The summed E-state index contributed by atoms with van der Waals surface area (Å²) in [6, 6.07) is 2.19. The number of hydrogen-bond acceptors (Lipinski definition) is 4. The number of rotatable bonds is 7. The molecule has 4 heteroatoms. The van der Waals surface area contributed by atoms with E-state index in [1.807, 2.05) is 13.0 Å². The minimum atomic E-state index is -0.578. The van der Waals surface area contributed by atoms with Crippen molar-refractivity contribution >= 4 is 5.71 Å². The van der Waals surface area contributed by atoms with E-state index in [2.05, 4.69) is 31.0 Å². The van der Waals surface area contributed by atoms with Crippen LogP contribution in [0.4, 0.5) is 0 Å². The standard InChI is InChI=1S/C31H48N2O2/c1-4-22(16-21-6-8-24(18-32)33-19-21)28-10-11-29-27-9-7-23-17-31(34,20-35-5-2)15-13-25(23)26(27)12-14-30(28,29)3/h6,8,21-23,25-29,34H,4-5,7,9-17,19-20H2,1-3H3/t21?,22-,23-,25+,26-,27-,28-,29+,30-,31-/m1/s1. The van der Waals surface area contributed by atoms with Gasteiger partial charge in [-0.3, -0.25) is 4.99 Å². The summed E-state index contributed by atoms with van der Waals surface area (Å²) >= 11 is 0. The first-order chi connectivity index (χ1) is 16.9. The monoisotopic (exact) mass is 480 g/mol. The van der Waals surface area contributed by atoms with Gasteiger partial charge in [-0.15, -0.1) is 0 Å². The Hall–Kier alpha value is -1.18. The van der Waals surface area contributed by atoms with E-state index in [0.29, 0.717) is 36.2 Å². The highest BCUT2D eigenvalue weighted by Gasteiger charge is 2.58. The summed E-state index contributed by atoms with van der Waals surface area (Å²) in [5.74, 6) is 6.36. The van der Waals surface area contributed by atoms with Crippen LogP contribution in [-0.2, 0) is 4.74 Å². The Labute approximate surface area is 213 Å². The molecule has 0 spiro atoms. The molecule has 0 amide bonds. The average Bonchev–Trinajstić information content (AvgIpc) is 3.23. The van der Waals surface area contributed by atoms with Gasteiger partial charge in [0.15, 0.2) is 0 Å². The predicted molar refractivity (Wildman–Crippen MR) is 141 cm³/mol. The van der Waals surface area contributed by atoms with Crippen LogP contribution in [0.3, 0.4) is 0 Å². The summed E-state index contributed by atoms with van der Waals surface area (Å²) in [6.45, 7) is 9.13. The summed E-state index contributed by atoms with van der Waals surface area (Å²) < 4.78 is 5.67. The smallest absolute Gasteiger partial charge is 0.134 e. The number of nitrogens with zero attached hydrogens (tertiary/aromatic N) is 2. The number of nitriles is 1. The first kappa shape index (κ1) is 25.5. The van der Waals surface area contributed by atoms with Gasteiger partial charge in [0.05, 0.1) is 12.2 Å². The fraction of sp³-hybridized carbons (Fsp3) is 0.871. The van der Waals surface area contributed by atoms with Crippen molar-refractivity contribution in [2.24, 2.45) is 57.8 Å². The van der Waals surface area contributed by atoms with Crippen molar-refractivity contribution in [2.45, 2.75) is 97.0 Å². The Morgan fingerprint density at radius 1 is 1.11 bits per heavy atom. The van der Waals surface area contributed by atoms with Crippen LogP contribution in [0.5, 0.6) is 0 Å². The molecule has 4 saturated carbocycles. The van der Waals surface area contributed by atoms with Crippen molar-refractivity contribution in [3.8, 4) is 6.07 Å². The highest BCUT2D eigenvalue weighted by atomic mass is 16.5. The van der Waals surface area contributed by atoms with Crippen molar-refractivity contribution < 1.29 is 9.84 Å². The lowest BCUT2D eigenvalue weighted by atomic mass is 9.48. The van der Waals surface area contributed by atoms with Gasteiger partial charge < -0.3 is 9.84 Å². The van der Waals surface area contributed by atoms with Crippen molar-refractivity contribution in [3.63, 3.8) is 0 Å². The summed E-state index contributed by atoms with van der Waals surface area (Å²) in [5, 5.41) is 20.3. The molecular weight excluding hydrogens is 432 g/mol. The van der Waals surface area contributed by atoms with Gasteiger partial charge in [-0.1, -0.05) is 26.3 Å². The molecule has 4 aliphatic carbocycles. The largest absolute Gasteiger partial charge is 0.387 e. The van der Waals surface area contributed by atoms with Crippen LogP contribution < -0.4 is 0 Å². The highest BCUT2D eigenvalue weighted by molar-refractivity contribution is 6.07. The van der Waals surface area contributed by atoms with Crippen LogP contribution in [0.1, 0.15) is 91.4 Å². The lowest BCUT2D eigenvalue weighted by Crippen LogP contribution is -2.52. The Morgan fingerprint density at radius 2 is 1.94 bits per heavy atom. The average molecular weight is 481 g/mol. The molecule has 1 unspecified atom stereocenters. The molecule has 5 rings (SSSR count). The van der Waals surface area contributed by atoms with Gasteiger partial charge in [0, 0.05) is 13.2 Å². The van der Waals surface area contributed by atoms with Crippen molar-refractivity contribution in [1.82, 2.24) is 0 Å². The first-order valence-corrected chi connectivity index (χ1v) is 14.8. The van der Waals surface area contributed by atoms with Gasteiger partial charge in [0.2, 0.25) is 0 Å². The molecule has 35 heavy (non-hydrogen) atoms. The number of aliphatic hydroxyl groups is 1. The Kier molecular flexibility index (Phi) is 7.49. The predicted octanol–water partition coefficient (Wildman–Crippen LogP) is 6.59. The summed E-state index contributed by atoms with van der Waals surface area (Å²) in [5.41, 5.74) is 0.513. The third kappa shape index (κ3) is 4.77. The molecule has 0 aromatic heterocycles. The topological polar surface area (TPSA) is 65.6 Å². The van der Waals surface area contributed by atoms with Crippen LogP contribution >= 0.6 is 0 Å². The Bertz CT molecular complexity index is 861. The van der Waals surface area contributed by atoms with Crippen molar-refractivity contribution in [3.05, 3.63) is 12.2 Å². The maximum absolute atomic E-state index is 11.2. The van der Waals surface area contributed by atoms with E-state index < -0.39 is 5.60 Å². The molecule has 0 aromatic carbocycles. The second-order valence-corrected chi connectivity index (χ2v) is 13.1. The molecule has 4 nitrogen and oxygen atoms in total. The Balaban J connectivity index is 1.24. The molecule has 5 aliphatic rings. The molecule has 1 heterocycles. The van der Waals surface area contributed by atoms with Gasteiger partial charge in [-0.25, -0.2) is 0 Å². The maximum atomic E-state index is 11.2. The van der Waals surface area contributed by atoms with E-state index in [9.17, 15) is 5.11 Å². The van der Waals surface area contributed by atoms with E-state index in [-0.39, 0.29) is 0 Å². The number of ether oxygens (including phenoxy) is 1. The normalized spacial score (nSPS) is 45.6. The molecule has 0 saturated heterocycles. The van der Waals surface area contributed by atoms with Gasteiger partial charge in [-0.2, -0.15) is 5.26 Å². The van der Waals surface area contributed by atoms with E-state index in [0.717, 1.165) is 54.9 Å². The maximum Gasteiger partial charge on any atom is 0.134 e. The van der Waals surface area contributed by atoms with Gasteiger partial charge in [0.1, 0.15) is 11.8 Å². The molecule has 0 radical (unpaired) electrons. The van der Waals surface area contributed by atoms with Crippen molar-refractivity contribution in [1.29, 1.82) is 5.26 Å². The van der Waals surface area contributed by atoms with E-state index in [1.54, 1.807) is 0 Å². The van der Waals surface area contributed by atoms with Crippen molar-refractivity contribution in [2.75, 3.05) is 19.8 Å². The molecular formula is C31H48N2O2. The Morgan fingerprint density at radius 3 is 2.66 bits per heavy atom. The molecule has 0 bridgehead atoms.